The number of nitrogens with two attached hydrogens (primary N) is 1. The van der Waals surface area contributed by atoms with Crippen LogP contribution in [-0.4, -0.2) is 54.8 Å². The maximum Gasteiger partial charge on any atom is 0.289 e. The second kappa shape index (κ2) is 10.3. The van der Waals surface area contributed by atoms with Gasteiger partial charge in [0.1, 0.15) is 24.6 Å². The number of nitrogen functional groups attached to an aromatic ring is 1. The standard InChI is InChI=1S/C17H18ClN5O5.ClHO4/c18-10-4-2-1-3-9(10)6-27-23-8-21-16-12(15(23)19)20-7-22(16)17-14(26)13(25)11(5-24)28-17;2-1(3,4)5/h1-4,7-8,11,13-14,17,19,24-26H,5-6H2;(H,2,3,4,5)/t11-,13-,14-,17-;/m1./s1. The van der Waals surface area contributed by atoms with Gasteiger partial charge in [-0.3, -0.25) is 4.57 Å². The van der Waals surface area contributed by atoms with Gasteiger partial charge in [-0.1, -0.05) is 39.5 Å². The van der Waals surface area contributed by atoms with E-state index in [1.54, 1.807) is 6.07 Å². The molecule has 4 rings (SSSR count). The molecule has 16 heteroatoms. The lowest BCUT2D eigenvalue weighted by Gasteiger charge is -2.17. The number of ether oxygens (including phenoxy) is 1. The zero-order valence-electron chi connectivity index (χ0n) is 16.6. The van der Waals surface area contributed by atoms with Crippen LogP contribution in [0.5, 0.6) is 0 Å². The quantitative estimate of drug-likeness (QED) is 0.236. The van der Waals surface area contributed by atoms with Crippen molar-refractivity contribution in [1.82, 2.24) is 14.5 Å². The average molecular weight is 508 g/mol. The fourth-order valence-corrected chi connectivity index (χ4v) is 3.28. The monoisotopic (exact) mass is 507 g/mol. The largest absolute Gasteiger partial charge is 0.394 e. The highest BCUT2D eigenvalue weighted by molar-refractivity contribution is 6.31. The summed E-state index contributed by atoms with van der Waals surface area (Å²) in [5, 5.41) is 30.0. The maximum absolute atomic E-state index is 10.2. The van der Waals surface area contributed by atoms with Crippen LogP contribution in [0.3, 0.4) is 0 Å². The van der Waals surface area contributed by atoms with Gasteiger partial charge in [-0.15, -0.1) is 10.2 Å². The number of anilines is 1. The summed E-state index contributed by atoms with van der Waals surface area (Å²) in [5.74, 6) is 0.197. The SMILES string of the molecule is Nc1c2ncn([C@@H]3O[C@H](CO)[C@@H](O)[C@H]3O)c2nc[n+]1OCc1ccccc1Cl.[O-][Cl+3]([O-])([O-])[O-]. The van der Waals surface area contributed by atoms with E-state index in [9.17, 15) is 15.3 Å². The Morgan fingerprint density at radius 2 is 1.85 bits per heavy atom. The van der Waals surface area contributed by atoms with Gasteiger partial charge in [0.15, 0.2) is 12.8 Å². The molecule has 1 aromatic carbocycles. The van der Waals surface area contributed by atoms with E-state index >= 15 is 0 Å². The van der Waals surface area contributed by atoms with Crippen LogP contribution in [0.15, 0.2) is 36.9 Å². The number of hydrogen-bond acceptors (Lipinski definition) is 12. The van der Waals surface area contributed by atoms with Gasteiger partial charge in [0.25, 0.3) is 12.1 Å². The molecular weight excluding hydrogens is 489 g/mol. The molecule has 3 heterocycles. The van der Waals surface area contributed by atoms with Gasteiger partial charge in [0.05, 0.1) is 6.61 Å². The number of aliphatic hydroxyl groups is 3. The number of hydrogen-bond donors (Lipinski definition) is 4. The van der Waals surface area contributed by atoms with E-state index in [2.05, 4.69) is 9.97 Å². The molecule has 33 heavy (non-hydrogen) atoms. The maximum atomic E-state index is 10.2. The Balaban J connectivity index is 0.000000555. The molecule has 0 bridgehead atoms. The van der Waals surface area contributed by atoms with Crippen molar-refractivity contribution in [3.8, 4) is 0 Å². The summed E-state index contributed by atoms with van der Waals surface area (Å²) < 4.78 is 42.2. The molecule has 3 aromatic rings. The molecule has 0 saturated carbocycles. The molecule has 1 fully saturated rings. The van der Waals surface area contributed by atoms with Crippen molar-refractivity contribution in [3.05, 3.63) is 47.5 Å². The molecule has 0 radical (unpaired) electrons. The Labute approximate surface area is 192 Å². The van der Waals surface area contributed by atoms with Gasteiger partial charge in [-0.2, -0.15) is 0 Å². The summed E-state index contributed by atoms with van der Waals surface area (Å²) in [5.41, 5.74) is 7.60. The summed E-state index contributed by atoms with van der Waals surface area (Å²) >= 11 is 6.12. The first-order chi connectivity index (χ1) is 15.5. The van der Waals surface area contributed by atoms with E-state index in [0.717, 1.165) is 5.56 Å². The minimum absolute atomic E-state index is 0.178. The predicted molar refractivity (Wildman–Crippen MR) is 96.9 cm³/mol. The molecule has 0 amide bonds. The summed E-state index contributed by atoms with van der Waals surface area (Å²) in [6.45, 7) is -0.246. The number of aromatic nitrogens is 4. The van der Waals surface area contributed by atoms with Crippen LogP contribution in [0.2, 0.25) is 5.02 Å². The third kappa shape index (κ3) is 5.96. The lowest BCUT2D eigenvalue weighted by Crippen LogP contribution is -2.68. The number of aliphatic hydroxyl groups excluding tert-OH is 3. The van der Waals surface area contributed by atoms with Crippen LogP contribution >= 0.6 is 11.6 Å². The molecule has 0 spiro atoms. The molecular formula is C17H19Cl2N5O9. The van der Waals surface area contributed by atoms with Gasteiger partial charge in [-0.25, -0.2) is 23.6 Å². The van der Waals surface area contributed by atoms with Crippen molar-refractivity contribution in [2.24, 2.45) is 0 Å². The van der Waals surface area contributed by atoms with Crippen molar-refractivity contribution < 1.29 is 58.5 Å². The van der Waals surface area contributed by atoms with Crippen LogP contribution in [-0.2, 0) is 11.3 Å². The number of halogens is 2. The highest BCUT2D eigenvalue weighted by Gasteiger charge is 2.44. The molecule has 0 unspecified atom stereocenters. The first-order valence-electron chi connectivity index (χ1n) is 9.14. The normalized spacial score (nSPS) is 22.8. The van der Waals surface area contributed by atoms with E-state index in [-0.39, 0.29) is 12.4 Å². The van der Waals surface area contributed by atoms with Crippen molar-refractivity contribution in [2.45, 2.75) is 31.1 Å². The van der Waals surface area contributed by atoms with Crippen LogP contribution in [0.1, 0.15) is 11.8 Å². The molecule has 2 aromatic heterocycles. The molecule has 1 aliphatic heterocycles. The molecule has 1 aliphatic rings. The van der Waals surface area contributed by atoms with Crippen LogP contribution < -0.4 is 33.9 Å². The van der Waals surface area contributed by atoms with E-state index < -0.39 is 41.4 Å². The van der Waals surface area contributed by atoms with Crippen LogP contribution in [0, 0.1) is 10.2 Å². The smallest absolute Gasteiger partial charge is 0.289 e. The predicted octanol–water partition coefficient (Wildman–Crippen LogP) is -5.56. The average Bonchev–Trinajstić information content (AvgIpc) is 3.29. The molecule has 0 aliphatic carbocycles. The molecule has 180 valence electrons. The summed E-state index contributed by atoms with van der Waals surface area (Å²) in [7, 11) is -4.94. The fourth-order valence-electron chi connectivity index (χ4n) is 3.09. The third-order valence-corrected chi connectivity index (χ3v) is 5.01. The number of imidazole rings is 1. The first-order valence-corrected chi connectivity index (χ1v) is 10.8. The molecule has 4 atom stereocenters. The van der Waals surface area contributed by atoms with E-state index in [1.807, 2.05) is 18.2 Å². The van der Waals surface area contributed by atoms with E-state index in [4.69, 9.17) is 45.5 Å². The summed E-state index contributed by atoms with van der Waals surface area (Å²) in [6.07, 6.45) is -1.56. The van der Waals surface area contributed by atoms with Crippen LogP contribution in [0.4, 0.5) is 5.82 Å². The Kier molecular flexibility index (Phi) is 7.86. The second-order valence-corrected chi connectivity index (χ2v) is 7.91. The highest BCUT2D eigenvalue weighted by atomic mass is 35.7. The number of benzene rings is 1. The third-order valence-electron chi connectivity index (χ3n) is 4.64. The lowest BCUT2D eigenvalue weighted by molar-refractivity contribution is -2.00. The summed E-state index contributed by atoms with van der Waals surface area (Å²) in [4.78, 5) is 14.2. The number of rotatable bonds is 5. The van der Waals surface area contributed by atoms with Crippen molar-refractivity contribution in [1.29, 1.82) is 0 Å². The van der Waals surface area contributed by atoms with E-state index in [0.29, 0.717) is 16.2 Å². The molecule has 14 nitrogen and oxygen atoms in total. The van der Waals surface area contributed by atoms with Gasteiger partial charge in [-0.05, 0) is 6.07 Å². The van der Waals surface area contributed by atoms with Gasteiger partial charge < -0.3 is 30.6 Å². The lowest BCUT2D eigenvalue weighted by atomic mass is 10.1. The second-order valence-electron chi connectivity index (χ2n) is 6.75. The Bertz CT molecular complexity index is 1090. The zero-order valence-corrected chi connectivity index (χ0v) is 18.1. The van der Waals surface area contributed by atoms with Crippen molar-refractivity contribution in [2.75, 3.05) is 12.3 Å². The van der Waals surface area contributed by atoms with Gasteiger partial charge in [0, 0.05) is 10.6 Å². The Hall–Kier alpha value is -2.37. The first kappa shape index (κ1) is 25.3. The molecule has 1 saturated heterocycles. The zero-order chi connectivity index (χ0) is 24.3. The molecule has 5 N–H and O–H groups in total. The summed E-state index contributed by atoms with van der Waals surface area (Å²) in [6, 6.07) is 7.27. The van der Waals surface area contributed by atoms with Crippen molar-refractivity contribution >= 4 is 28.6 Å². The number of nitrogens with zero attached hydrogens (tertiary/aromatic N) is 4. The van der Waals surface area contributed by atoms with Gasteiger partial charge >= 0.3 is 0 Å². The highest BCUT2D eigenvalue weighted by Crippen LogP contribution is 2.31. The Morgan fingerprint density at radius 1 is 1.18 bits per heavy atom. The fraction of sp³-hybridized carbons (Fsp3) is 0.353. The Morgan fingerprint density at radius 3 is 2.45 bits per heavy atom. The number of fused-ring (bicyclic) bond motifs is 1. The minimum Gasteiger partial charge on any atom is -0.394 e. The van der Waals surface area contributed by atoms with Crippen molar-refractivity contribution in [3.63, 3.8) is 0 Å². The van der Waals surface area contributed by atoms with Gasteiger partial charge in [0.2, 0.25) is 11.2 Å². The van der Waals surface area contributed by atoms with E-state index in [1.165, 1.54) is 22.0 Å². The minimum atomic E-state index is -4.94. The van der Waals surface area contributed by atoms with Crippen LogP contribution in [0.25, 0.3) is 11.2 Å². The topological polar surface area (TPSA) is 232 Å².